The van der Waals surface area contributed by atoms with Crippen molar-refractivity contribution in [2.45, 2.75) is 19.4 Å². The molecule has 1 amide bonds. The molecule has 2 aromatic carbocycles. The molecule has 0 heterocycles. The minimum absolute atomic E-state index is 0.0238. The summed E-state index contributed by atoms with van der Waals surface area (Å²) in [6, 6.07) is 12.9. The van der Waals surface area contributed by atoms with Crippen LogP contribution in [0.5, 0.6) is 11.5 Å². The van der Waals surface area contributed by atoms with E-state index in [2.05, 4.69) is 5.32 Å². The zero-order valence-electron chi connectivity index (χ0n) is 13.9. The number of ether oxygens (including phenoxy) is 2. The van der Waals surface area contributed by atoms with Gasteiger partial charge in [-0.2, -0.15) is 0 Å². The van der Waals surface area contributed by atoms with E-state index in [1.807, 2.05) is 30.3 Å². The van der Waals surface area contributed by atoms with Crippen molar-refractivity contribution in [2.24, 2.45) is 0 Å². The highest BCUT2D eigenvalue weighted by molar-refractivity contribution is 5.79. The molecule has 5 heteroatoms. The first-order valence-corrected chi connectivity index (χ1v) is 7.68. The van der Waals surface area contributed by atoms with Crippen LogP contribution in [-0.2, 0) is 17.8 Å². The maximum absolute atomic E-state index is 12.0. The molecular formula is C19H21NO4. The number of carbonyl (C=O) groups is 2. The Labute approximate surface area is 141 Å². The molecule has 5 nitrogen and oxygen atoms in total. The zero-order chi connectivity index (χ0) is 17.4. The molecule has 2 aromatic rings. The van der Waals surface area contributed by atoms with Crippen LogP contribution in [0, 0.1) is 0 Å². The van der Waals surface area contributed by atoms with Crippen molar-refractivity contribution in [3.63, 3.8) is 0 Å². The lowest BCUT2D eigenvalue weighted by Gasteiger charge is -2.08. The minimum atomic E-state index is -0.0238. The topological polar surface area (TPSA) is 64.6 Å². The Balaban J connectivity index is 1.83. The average Bonchev–Trinajstić information content (AvgIpc) is 2.64. The molecule has 0 saturated heterocycles. The number of nitrogens with one attached hydrogen (secondary N) is 1. The summed E-state index contributed by atoms with van der Waals surface area (Å²) < 4.78 is 10.3. The van der Waals surface area contributed by atoms with Gasteiger partial charge in [-0.25, -0.2) is 0 Å². The minimum Gasteiger partial charge on any atom is -0.497 e. The summed E-state index contributed by atoms with van der Waals surface area (Å²) in [4.78, 5) is 22.8. The molecule has 0 fully saturated rings. The summed E-state index contributed by atoms with van der Waals surface area (Å²) in [6.45, 7) is 0.482. The standard InChI is InChI=1S/C19H21NO4/c1-23-17-8-4-15(5-9-17)12-20-19(22)10-6-14-3-7-16(13-21)18(11-14)24-2/h3-5,7-9,11,13H,6,10,12H2,1-2H3,(H,20,22). The summed E-state index contributed by atoms with van der Waals surface area (Å²) in [5.74, 6) is 1.29. The van der Waals surface area contributed by atoms with Crippen LogP contribution < -0.4 is 14.8 Å². The molecule has 0 aromatic heterocycles. The Morgan fingerprint density at radius 2 is 1.75 bits per heavy atom. The number of aldehydes is 1. The van der Waals surface area contributed by atoms with E-state index in [-0.39, 0.29) is 5.91 Å². The van der Waals surface area contributed by atoms with Gasteiger partial charge in [0.25, 0.3) is 0 Å². The Kier molecular flexibility index (Phi) is 6.37. The second-order valence-corrected chi connectivity index (χ2v) is 5.32. The van der Waals surface area contributed by atoms with Gasteiger partial charge in [-0.05, 0) is 41.8 Å². The number of rotatable bonds is 8. The Hall–Kier alpha value is -2.82. The highest BCUT2D eigenvalue weighted by Crippen LogP contribution is 2.19. The second-order valence-electron chi connectivity index (χ2n) is 5.32. The molecule has 0 aliphatic rings. The molecule has 0 atom stereocenters. The maximum atomic E-state index is 12.0. The molecule has 0 aliphatic heterocycles. The third-order valence-corrected chi connectivity index (χ3v) is 3.71. The fourth-order valence-electron chi connectivity index (χ4n) is 2.30. The van der Waals surface area contributed by atoms with Gasteiger partial charge in [0.05, 0.1) is 19.8 Å². The molecule has 0 aliphatic carbocycles. The fraction of sp³-hybridized carbons (Fsp3) is 0.263. The van der Waals surface area contributed by atoms with E-state index in [9.17, 15) is 9.59 Å². The molecule has 126 valence electrons. The van der Waals surface area contributed by atoms with Crippen LogP contribution in [0.25, 0.3) is 0 Å². The van der Waals surface area contributed by atoms with Crippen molar-refractivity contribution < 1.29 is 19.1 Å². The van der Waals surface area contributed by atoms with Crippen molar-refractivity contribution in [3.8, 4) is 11.5 Å². The summed E-state index contributed by atoms with van der Waals surface area (Å²) in [5, 5.41) is 2.89. The summed E-state index contributed by atoms with van der Waals surface area (Å²) in [6.07, 6.45) is 1.72. The normalized spacial score (nSPS) is 10.1. The van der Waals surface area contributed by atoms with Crippen molar-refractivity contribution in [2.75, 3.05) is 14.2 Å². The number of carbonyl (C=O) groups excluding carboxylic acids is 2. The molecule has 0 bridgehead atoms. The van der Waals surface area contributed by atoms with Gasteiger partial charge < -0.3 is 14.8 Å². The molecule has 0 saturated carbocycles. The van der Waals surface area contributed by atoms with Crippen molar-refractivity contribution in [3.05, 3.63) is 59.2 Å². The summed E-state index contributed by atoms with van der Waals surface area (Å²) in [5.41, 5.74) is 2.48. The van der Waals surface area contributed by atoms with E-state index >= 15 is 0 Å². The molecule has 0 radical (unpaired) electrons. The molecule has 2 rings (SSSR count). The summed E-state index contributed by atoms with van der Waals surface area (Å²) in [7, 11) is 3.14. The van der Waals surface area contributed by atoms with Crippen LogP contribution in [0.3, 0.4) is 0 Å². The lowest BCUT2D eigenvalue weighted by atomic mass is 10.1. The van der Waals surface area contributed by atoms with Crippen LogP contribution in [0.2, 0.25) is 0 Å². The van der Waals surface area contributed by atoms with Gasteiger partial charge in [-0.3, -0.25) is 9.59 Å². The lowest BCUT2D eigenvalue weighted by molar-refractivity contribution is -0.121. The van der Waals surface area contributed by atoms with Crippen LogP contribution in [-0.4, -0.2) is 26.4 Å². The van der Waals surface area contributed by atoms with Crippen LogP contribution in [0.4, 0.5) is 0 Å². The Morgan fingerprint density at radius 3 is 2.38 bits per heavy atom. The highest BCUT2D eigenvalue weighted by atomic mass is 16.5. The second kappa shape index (κ2) is 8.72. The molecule has 0 spiro atoms. The Bertz CT molecular complexity index is 695. The van der Waals surface area contributed by atoms with Crippen molar-refractivity contribution in [1.82, 2.24) is 5.32 Å². The van der Waals surface area contributed by atoms with Gasteiger partial charge in [-0.15, -0.1) is 0 Å². The van der Waals surface area contributed by atoms with E-state index in [0.717, 1.165) is 23.2 Å². The van der Waals surface area contributed by atoms with Crippen LogP contribution >= 0.6 is 0 Å². The lowest BCUT2D eigenvalue weighted by Crippen LogP contribution is -2.22. The van der Waals surface area contributed by atoms with Gasteiger partial charge in [0.15, 0.2) is 6.29 Å². The Morgan fingerprint density at radius 1 is 1.04 bits per heavy atom. The highest BCUT2D eigenvalue weighted by Gasteiger charge is 2.06. The average molecular weight is 327 g/mol. The SMILES string of the molecule is COc1ccc(CNC(=O)CCc2ccc(C=O)c(OC)c2)cc1. The first-order chi connectivity index (χ1) is 11.7. The van der Waals surface area contributed by atoms with Gasteiger partial charge >= 0.3 is 0 Å². The smallest absolute Gasteiger partial charge is 0.220 e. The number of benzene rings is 2. The molecule has 1 N–H and O–H groups in total. The van der Waals surface area contributed by atoms with Gasteiger partial charge in [-0.1, -0.05) is 18.2 Å². The van der Waals surface area contributed by atoms with E-state index < -0.39 is 0 Å². The third-order valence-electron chi connectivity index (χ3n) is 3.71. The van der Waals surface area contributed by atoms with Gasteiger partial charge in [0.1, 0.15) is 11.5 Å². The maximum Gasteiger partial charge on any atom is 0.220 e. The predicted octanol–water partition coefficient (Wildman–Crippen LogP) is 2.77. The van der Waals surface area contributed by atoms with Gasteiger partial charge in [0, 0.05) is 13.0 Å². The predicted molar refractivity (Wildman–Crippen MR) is 91.5 cm³/mol. The van der Waals surface area contributed by atoms with Crippen molar-refractivity contribution >= 4 is 12.2 Å². The largest absolute Gasteiger partial charge is 0.497 e. The van der Waals surface area contributed by atoms with Crippen molar-refractivity contribution in [1.29, 1.82) is 0 Å². The number of hydrogen-bond acceptors (Lipinski definition) is 4. The van der Waals surface area contributed by atoms with Crippen LogP contribution in [0.1, 0.15) is 27.9 Å². The van der Waals surface area contributed by atoms with E-state index in [4.69, 9.17) is 9.47 Å². The summed E-state index contributed by atoms with van der Waals surface area (Å²) >= 11 is 0. The van der Waals surface area contributed by atoms with Crippen LogP contribution in [0.15, 0.2) is 42.5 Å². The molecular weight excluding hydrogens is 306 g/mol. The molecule has 0 unspecified atom stereocenters. The van der Waals surface area contributed by atoms with E-state index in [1.54, 1.807) is 19.2 Å². The van der Waals surface area contributed by atoms with Gasteiger partial charge in [0.2, 0.25) is 5.91 Å². The number of methoxy groups -OCH3 is 2. The number of aryl methyl sites for hydroxylation is 1. The third kappa shape index (κ3) is 4.84. The first-order valence-electron chi connectivity index (χ1n) is 7.68. The fourth-order valence-corrected chi connectivity index (χ4v) is 2.30. The monoisotopic (exact) mass is 327 g/mol. The zero-order valence-corrected chi connectivity index (χ0v) is 13.9. The first kappa shape index (κ1) is 17.5. The number of amides is 1. The van der Waals surface area contributed by atoms with E-state index in [0.29, 0.717) is 30.7 Å². The molecule has 24 heavy (non-hydrogen) atoms. The van der Waals surface area contributed by atoms with E-state index in [1.165, 1.54) is 7.11 Å². The quantitative estimate of drug-likeness (QED) is 0.757. The number of hydrogen-bond donors (Lipinski definition) is 1.